The van der Waals surface area contributed by atoms with Crippen molar-refractivity contribution in [1.29, 1.82) is 0 Å². The first-order valence-corrected chi connectivity index (χ1v) is 9.89. The lowest BCUT2D eigenvalue weighted by Gasteiger charge is -2.20. The number of aromatic nitrogens is 7. The Morgan fingerprint density at radius 3 is 2.80 bits per heavy atom. The van der Waals surface area contributed by atoms with Gasteiger partial charge in [0.15, 0.2) is 10.8 Å². The molecule has 0 fully saturated rings. The largest absolute Gasteiger partial charge is 0.295 e. The Kier molecular flexibility index (Phi) is 4.48. The molecule has 1 aromatic carbocycles. The van der Waals surface area contributed by atoms with E-state index in [1.165, 1.54) is 10.9 Å². The minimum atomic E-state index is -0.668. The summed E-state index contributed by atoms with van der Waals surface area (Å²) in [5, 5.41) is 0.0345. The molecular formula is C20H14ClN7OS. The molecule has 0 N–H and O–H groups in total. The van der Waals surface area contributed by atoms with Crippen LogP contribution in [0.4, 0.5) is 0 Å². The number of aryl methyl sites for hydroxylation is 1. The number of fused-ring (bicyclic) bond motifs is 2. The number of benzene rings is 1. The lowest BCUT2D eigenvalue weighted by Crippen LogP contribution is -2.27. The second-order valence-corrected chi connectivity index (χ2v) is 7.50. The van der Waals surface area contributed by atoms with Crippen molar-refractivity contribution in [2.75, 3.05) is 0 Å². The van der Waals surface area contributed by atoms with E-state index < -0.39 is 5.37 Å². The Morgan fingerprint density at radius 1 is 1.10 bits per heavy atom. The van der Waals surface area contributed by atoms with Crippen LogP contribution in [0.15, 0.2) is 60.2 Å². The van der Waals surface area contributed by atoms with Crippen LogP contribution in [0.3, 0.4) is 0 Å². The molecule has 0 aliphatic rings. The molecule has 1 atom stereocenters. The Morgan fingerprint density at radius 2 is 1.97 bits per heavy atom. The van der Waals surface area contributed by atoms with Crippen molar-refractivity contribution < 1.29 is 0 Å². The third kappa shape index (κ3) is 2.86. The van der Waals surface area contributed by atoms with Gasteiger partial charge in [0.2, 0.25) is 0 Å². The predicted octanol–water partition coefficient (Wildman–Crippen LogP) is 3.36. The van der Waals surface area contributed by atoms with Crippen molar-refractivity contribution in [3.63, 3.8) is 0 Å². The predicted molar refractivity (Wildman–Crippen MR) is 117 cm³/mol. The first-order chi connectivity index (χ1) is 14.6. The highest BCUT2D eigenvalue weighted by atomic mass is 35.5. The standard InChI is InChI=1S/C20H14ClN7OS/c1-11-4-2-5-12-15(11)19(29)28(14-6-3-7-23-16(14)21)18(26-12)20(30)27-10-25-13-8-22-9-24-17(13)27/h2-10,20,30H,1H3. The fourth-order valence-corrected chi connectivity index (χ4v) is 4.00. The van der Waals surface area contributed by atoms with Gasteiger partial charge in [0.1, 0.15) is 23.0 Å². The molecule has 148 valence electrons. The van der Waals surface area contributed by atoms with E-state index in [1.807, 2.05) is 19.1 Å². The second-order valence-electron chi connectivity index (χ2n) is 6.65. The summed E-state index contributed by atoms with van der Waals surface area (Å²) < 4.78 is 3.18. The molecule has 4 aromatic heterocycles. The molecule has 8 nitrogen and oxygen atoms in total. The third-order valence-corrected chi connectivity index (χ3v) is 5.62. The van der Waals surface area contributed by atoms with Crippen LogP contribution in [0.5, 0.6) is 0 Å². The molecule has 10 heteroatoms. The van der Waals surface area contributed by atoms with Crippen LogP contribution in [-0.2, 0) is 0 Å². The number of imidazole rings is 1. The molecule has 0 aliphatic carbocycles. The van der Waals surface area contributed by atoms with Crippen LogP contribution in [0, 0.1) is 6.92 Å². The van der Waals surface area contributed by atoms with Crippen molar-refractivity contribution in [2.45, 2.75) is 12.3 Å². The van der Waals surface area contributed by atoms with Crippen molar-refractivity contribution in [3.8, 4) is 5.69 Å². The summed E-state index contributed by atoms with van der Waals surface area (Å²) in [4.78, 5) is 35.1. The van der Waals surface area contributed by atoms with Gasteiger partial charge >= 0.3 is 0 Å². The molecule has 0 saturated heterocycles. The van der Waals surface area contributed by atoms with Crippen molar-refractivity contribution in [1.82, 2.24) is 34.1 Å². The molecule has 0 bridgehead atoms. The zero-order valence-corrected chi connectivity index (χ0v) is 17.3. The maximum absolute atomic E-state index is 13.6. The zero-order valence-electron chi connectivity index (χ0n) is 15.6. The van der Waals surface area contributed by atoms with Gasteiger partial charge in [0.25, 0.3) is 5.56 Å². The molecule has 0 spiro atoms. The SMILES string of the molecule is Cc1cccc2nc(C(S)n3cnc4cncnc43)n(-c3cccnc3Cl)c(=O)c12. The molecule has 5 rings (SSSR count). The molecule has 4 heterocycles. The topological polar surface area (TPSA) is 91.4 Å². The average molecular weight is 436 g/mol. The number of hydrogen-bond acceptors (Lipinski definition) is 7. The van der Waals surface area contributed by atoms with Gasteiger partial charge in [-0.1, -0.05) is 23.7 Å². The van der Waals surface area contributed by atoms with Crippen LogP contribution in [0.1, 0.15) is 16.8 Å². The van der Waals surface area contributed by atoms with Gasteiger partial charge in [-0.05, 0) is 30.7 Å². The number of thiol groups is 1. The van der Waals surface area contributed by atoms with E-state index in [2.05, 4.69) is 19.9 Å². The highest BCUT2D eigenvalue weighted by Crippen LogP contribution is 2.28. The van der Waals surface area contributed by atoms with E-state index in [4.69, 9.17) is 29.2 Å². The van der Waals surface area contributed by atoms with Gasteiger partial charge < -0.3 is 0 Å². The molecule has 0 radical (unpaired) electrons. The van der Waals surface area contributed by atoms with Crippen LogP contribution >= 0.6 is 24.2 Å². The molecular weight excluding hydrogens is 422 g/mol. The number of pyridine rings is 1. The highest BCUT2D eigenvalue weighted by Gasteiger charge is 2.23. The summed E-state index contributed by atoms with van der Waals surface area (Å²) in [5.41, 5.74) is 2.76. The minimum Gasteiger partial charge on any atom is -0.295 e. The van der Waals surface area contributed by atoms with Gasteiger partial charge in [-0.25, -0.2) is 24.9 Å². The number of hydrogen-bond donors (Lipinski definition) is 1. The number of halogens is 1. The smallest absolute Gasteiger partial charge is 0.266 e. The zero-order chi connectivity index (χ0) is 20.8. The molecule has 5 aromatic rings. The maximum Gasteiger partial charge on any atom is 0.266 e. The lowest BCUT2D eigenvalue weighted by molar-refractivity contribution is 0.704. The van der Waals surface area contributed by atoms with Gasteiger partial charge in [-0.2, -0.15) is 0 Å². The van der Waals surface area contributed by atoms with Crippen LogP contribution in [0.25, 0.3) is 27.8 Å². The molecule has 0 saturated carbocycles. The fraction of sp³-hybridized carbons (Fsp3) is 0.100. The van der Waals surface area contributed by atoms with E-state index in [-0.39, 0.29) is 10.7 Å². The molecule has 30 heavy (non-hydrogen) atoms. The number of nitrogens with zero attached hydrogens (tertiary/aromatic N) is 7. The third-order valence-electron chi connectivity index (χ3n) is 4.84. The lowest BCUT2D eigenvalue weighted by atomic mass is 10.1. The summed E-state index contributed by atoms with van der Waals surface area (Å²) in [6, 6.07) is 8.98. The van der Waals surface area contributed by atoms with E-state index in [9.17, 15) is 4.79 Å². The minimum absolute atomic E-state index is 0.189. The number of rotatable bonds is 3. The Labute approximate surface area is 180 Å². The van der Waals surface area contributed by atoms with Gasteiger partial charge in [-0.3, -0.25) is 13.9 Å². The van der Waals surface area contributed by atoms with Gasteiger partial charge in [0, 0.05) is 6.20 Å². The fourth-order valence-electron chi connectivity index (χ4n) is 3.45. The normalized spacial score (nSPS) is 12.5. The average Bonchev–Trinajstić information content (AvgIpc) is 3.18. The van der Waals surface area contributed by atoms with E-state index in [1.54, 1.807) is 41.5 Å². The summed E-state index contributed by atoms with van der Waals surface area (Å²) in [6.45, 7) is 1.87. The summed E-state index contributed by atoms with van der Waals surface area (Å²) in [6.07, 6.45) is 6.21. The van der Waals surface area contributed by atoms with Crippen molar-refractivity contribution in [2.24, 2.45) is 0 Å². The van der Waals surface area contributed by atoms with Crippen molar-refractivity contribution in [3.05, 3.63) is 82.3 Å². The first kappa shape index (κ1) is 18.7. The van der Waals surface area contributed by atoms with Crippen molar-refractivity contribution >= 4 is 46.3 Å². The van der Waals surface area contributed by atoms with Gasteiger partial charge in [0.05, 0.1) is 29.1 Å². The van der Waals surface area contributed by atoms with Gasteiger partial charge in [-0.15, -0.1) is 12.6 Å². The Hall–Kier alpha value is -3.30. The van der Waals surface area contributed by atoms with Crippen LogP contribution in [0.2, 0.25) is 5.15 Å². The van der Waals surface area contributed by atoms with Crippen LogP contribution < -0.4 is 5.56 Å². The maximum atomic E-state index is 13.6. The first-order valence-electron chi connectivity index (χ1n) is 9.00. The molecule has 0 aliphatic heterocycles. The quantitative estimate of drug-likeness (QED) is 0.345. The monoisotopic (exact) mass is 435 g/mol. The Bertz CT molecular complexity index is 1480. The van der Waals surface area contributed by atoms with E-state index in [0.717, 1.165) is 5.56 Å². The highest BCUT2D eigenvalue weighted by molar-refractivity contribution is 7.80. The Balaban J connectivity index is 1.86. The summed E-state index contributed by atoms with van der Waals surface area (Å²) >= 11 is 11.1. The summed E-state index contributed by atoms with van der Waals surface area (Å²) in [5.74, 6) is 0.370. The van der Waals surface area contributed by atoms with E-state index >= 15 is 0 Å². The van der Waals surface area contributed by atoms with E-state index in [0.29, 0.717) is 33.6 Å². The molecule has 1 unspecified atom stereocenters. The molecule has 0 amide bonds. The van der Waals surface area contributed by atoms with Crippen LogP contribution in [-0.4, -0.2) is 34.1 Å². The summed E-state index contributed by atoms with van der Waals surface area (Å²) in [7, 11) is 0. The second kappa shape index (κ2) is 7.19.